The van der Waals surface area contributed by atoms with E-state index in [1.54, 1.807) is 6.26 Å². The molecular weight excluding hydrogens is 364 g/mol. The first kappa shape index (κ1) is 18.3. The van der Waals surface area contributed by atoms with Crippen molar-refractivity contribution >= 4 is 23.0 Å². The highest BCUT2D eigenvalue weighted by atomic mass is 16.5. The van der Waals surface area contributed by atoms with Crippen LogP contribution in [0.4, 0.5) is 23.0 Å². The molecule has 0 aliphatic carbocycles. The maximum absolute atomic E-state index is 5.76. The fraction of sp³-hybridized carbons (Fsp3) is 0.0435. The lowest BCUT2D eigenvalue weighted by atomic mass is 10.3. The minimum absolute atomic E-state index is 0.475. The van der Waals surface area contributed by atoms with E-state index in [9.17, 15) is 0 Å². The van der Waals surface area contributed by atoms with Crippen molar-refractivity contribution in [2.24, 2.45) is 0 Å². The van der Waals surface area contributed by atoms with E-state index in [0.29, 0.717) is 24.0 Å². The molecular formula is C23H20N4O2. The van der Waals surface area contributed by atoms with Crippen LogP contribution in [-0.2, 0) is 0 Å². The Bertz CT molecular complexity index is 1060. The van der Waals surface area contributed by atoms with Gasteiger partial charge in [0.15, 0.2) is 0 Å². The Labute approximate surface area is 169 Å². The van der Waals surface area contributed by atoms with Gasteiger partial charge in [-0.2, -0.15) is 0 Å². The number of nitrogens with zero attached hydrogens (tertiary/aromatic N) is 2. The zero-order valence-corrected chi connectivity index (χ0v) is 15.7. The lowest BCUT2D eigenvalue weighted by Gasteiger charge is -2.12. The van der Waals surface area contributed by atoms with Crippen LogP contribution in [0, 0.1) is 0 Å². The lowest BCUT2D eigenvalue weighted by Crippen LogP contribution is -2.00. The van der Waals surface area contributed by atoms with E-state index in [1.165, 1.54) is 6.33 Å². The normalized spacial score (nSPS) is 16.7. The SMILES string of the molecule is C1=C\C=C/Oc2ccccc2Nc2cc(ncn2)Nc2cccc(c2)OC\C=C/1. The largest absolute Gasteiger partial charge is 0.489 e. The van der Waals surface area contributed by atoms with Crippen LogP contribution in [0.25, 0.3) is 0 Å². The number of para-hydroxylation sites is 2. The third-order valence-corrected chi connectivity index (χ3v) is 4.01. The summed E-state index contributed by atoms with van der Waals surface area (Å²) in [5.41, 5.74) is 1.68. The fourth-order valence-electron chi connectivity index (χ4n) is 2.68. The van der Waals surface area contributed by atoms with Gasteiger partial charge in [-0.25, -0.2) is 9.97 Å². The predicted octanol–water partition coefficient (Wildman–Crippen LogP) is 5.36. The molecule has 1 aliphatic rings. The second kappa shape index (κ2) is 9.23. The first-order valence-electron chi connectivity index (χ1n) is 9.20. The van der Waals surface area contributed by atoms with Gasteiger partial charge >= 0.3 is 0 Å². The van der Waals surface area contributed by atoms with Crippen LogP contribution in [0.2, 0.25) is 0 Å². The smallest absolute Gasteiger partial charge is 0.149 e. The number of rotatable bonds is 0. The molecule has 1 aromatic heterocycles. The highest BCUT2D eigenvalue weighted by Gasteiger charge is 2.05. The Morgan fingerprint density at radius 3 is 2.62 bits per heavy atom. The summed E-state index contributed by atoms with van der Waals surface area (Å²) in [6.07, 6.45) is 12.6. The van der Waals surface area contributed by atoms with Gasteiger partial charge in [0.2, 0.25) is 0 Å². The molecule has 144 valence electrons. The molecule has 2 aromatic carbocycles. The minimum Gasteiger partial charge on any atom is -0.489 e. The summed E-state index contributed by atoms with van der Waals surface area (Å²) < 4.78 is 11.5. The van der Waals surface area contributed by atoms with Crippen LogP contribution in [0.1, 0.15) is 0 Å². The molecule has 0 spiro atoms. The molecule has 2 N–H and O–H groups in total. The molecule has 4 bridgehead atoms. The third kappa shape index (κ3) is 5.23. The maximum atomic E-state index is 5.76. The summed E-state index contributed by atoms with van der Waals surface area (Å²) in [6.45, 7) is 0.475. The molecule has 0 amide bonds. The number of nitrogens with one attached hydrogen (secondary N) is 2. The monoisotopic (exact) mass is 384 g/mol. The van der Waals surface area contributed by atoms with E-state index in [0.717, 1.165) is 17.1 Å². The highest BCUT2D eigenvalue weighted by molar-refractivity contribution is 5.67. The summed E-state index contributed by atoms with van der Waals surface area (Å²) in [5.74, 6) is 2.79. The van der Waals surface area contributed by atoms with E-state index in [4.69, 9.17) is 9.47 Å². The van der Waals surface area contributed by atoms with Gasteiger partial charge in [0.1, 0.15) is 36.1 Å². The summed E-state index contributed by atoms with van der Waals surface area (Å²) >= 11 is 0. The Kier molecular flexibility index (Phi) is 5.83. The summed E-state index contributed by atoms with van der Waals surface area (Å²) in [4.78, 5) is 8.60. The molecule has 2 heterocycles. The van der Waals surface area contributed by atoms with E-state index < -0.39 is 0 Å². The van der Waals surface area contributed by atoms with Gasteiger partial charge in [0.25, 0.3) is 0 Å². The molecule has 29 heavy (non-hydrogen) atoms. The number of fused-ring (bicyclic) bond motifs is 5. The van der Waals surface area contributed by atoms with Crippen LogP contribution in [-0.4, -0.2) is 16.6 Å². The van der Waals surface area contributed by atoms with Crippen molar-refractivity contribution in [3.8, 4) is 11.5 Å². The van der Waals surface area contributed by atoms with Crippen molar-refractivity contribution in [2.45, 2.75) is 0 Å². The number of hydrogen-bond acceptors (Lipinski definition) is 6. The standard InChI is InChI=1S/C23H20N4O2/c1-2-6-13-28-19-10-8-9-18(15-19)26-22-16-23(25-17-24-22)27-20-11-4-5-12-21(20)29-14-7-3-1/h1-12,14-17H,13H2,(H2,24,25,26,27)/b3-1-,6-2-,14-7-. The van der Waals surface area contributed by atoms with Crippen molar-refractivity contribution in [3.63, 3.8) is 0 Å². The molecule has 4 rings (SSSR count). The highest BCUT2D eigenvalue weighted by Crippen LogP contribution is 2.28. The Morgan fingerprint density at radius 1 is 0.793 bits per heavy atom. The Morgan fingerprint density at radius 2 is 1.66 bits per heavy atom. The van der Waals surface area contributed by atoms with E-state index in [1.807, 2.05) is 85.0 Å². The van der Waals surface area contributed by atoms with Crippen LogP contribution in [0.5, 0.6) is 11.5 Å². The van der Waals surface area contributed by atoms with Gasteiger partial charge in [-0.05, 0) is 36.4 Å². The van der Waals surface area contributed by atoms with E-state index in [2.05, 4.69) is 20.6 Å². The van der Waals surface area contributed by atoms with Crippen molar-refractivity contribution in [1.29, 1.82) is 0 Å². The van der Waals surface area contributed by atoms with Gasteiger partial charge in [0.05, 0.1) is 11.9 Å². The molecule has 6 heteroatoms. The second-order valence-electron chi connectivity index (χ2n) is 6.13. The van der Waals surface area contributed by atoms with Gasteiger partial charge < -0.3 is 20.1 Å². The molecule has 0 saturated carbocycles. The zero-order chi connectivity index (χ0) is 19.7. The molecule has 6 nitrogen and oxygen atoms in total. The Balaban J connectivity index is 1.65. The van der Waals surface area contributed by atoms with Crippen molar-refractivity contribution in [1.82, 2.24) is 9.97 Å². The zero-order valence-electron chi connectivity index (χ0n) is 15.7. The van der Waals surface area contributed by atoms with Crippen LogP contribution >= 0.6 is 0 Å². The molecule has 3 aromatic rings. The average molecular weight is 384 g/mol. The average Bonchev–Trinajstić information content (AvgIpc) is 2.74. The van der Waals surface area contributed by atoms with Crippen LogP contribution in [0.15, 0.2) is 97.6 Å². The quantitative estimate of drug-likeness (QED) is 0.544. The third-order valence-electron chi connectivity index (χ3n) is 4.01. The summed E-state index contributed by atoms with van der Waals surface area (Å²) in [5, 5.41) is 6.56. The molecule has 1 aliphatic heterocycles. The first-order chi connectivity index (χ1) is 14.4. The number of hydrogen-bond donors (Lipinski definition) is 2. The summed E-state index contributed by atoms with van der Waals surface area (Å²) in [6, 6.07) is 17.2. The topological polar surface area (TPSA) is 68.3 Å². The van der Waals surface area contributed by atoms with Crippen LogP contribution in [0.3, 0.4) is 0 Å². The molecule has 0 fully saturated rings. The molecule has 0 radical (unpaired) electrons. The van der Waals surface area contributed by atoms with E-state index >= 15 is 0 Å². The number of anilines is 4. The van der Waals surface area contributed by atoms with E-state index in [-0.39, 0.29) is 0 Å². The fourth-order valence-corrected chi connectivity index (χ4v) is 2.68. The van der Waals surface area contributed by atoms with Crippen molar-refractivity contribution in [2.75, 3.05) is 17.2 Å². The maximum Gasteiger partial charge on any atom is 0.149 e. The number of allylic oxidation sites excluding steroid dienone is 4. The number of aromatic nitrogens is 2. The molecule has 0 atom stereocenters. The van der Waals surface area contributed by atoms with Crippen LogP contribution < -0.4 is 20.1 Å². The van der Waals surface area contributed by atoms with Gasteiger partial charge in [-0.3, -0.25) is 0 Å². The Hall–Kier alpha value is -4.06. The van der Waals surface area contributed by atoms with Crippen molar-refractivity contribution in [3.05, 3.63) is 97.6 Å². The summed E-state index contributed by atoms with van der Waals surface area (Å²) in [7, 11) is 0. The molecule has 0 unspecified atom stereocenters. The minimum atomic E-state index is 0.475. The molecule has 0 saturated heterocycles. The second-order valence-corrected chi connectivity index (χ2v) is 6.13. The van der Waals surface area contributed by atoms with Gasteiger partial charge in [-0.1, -0.05) is 36.4 Å². The van der Waals surface area contributed by atoms with Crippen molar-refractivity contribution < 1.29 is 9.47 Å². The first-order valence-corrected chi connectivity index (χ1v) is 9.20. The van der Waals surface area contributed by atoms with Gasteiger partial charge in [-0.15, -0.1) is 0 Å². The number of benzene rings is 2. The van der Waals surface area contributed by atoms with Gasteiger partial charge in [0, 0.05) is 17.8 Å². The lowest BCUT2D eigenvalue weighted by molar-refractivity contribution is 0.363. The number of ether oxygens (including phenoxy) is 2. The predicted molar refractivity (Wildman–Crippen MR) is 115 cm³/mol.